The molecule has 1 fully saturated rings. The Hall–Kier alpha value is -1.79. The number of benzene rings is 1. The van der Waals surface area contributed by atoms with Gasteiger partial charge in [0.1, 0.15) is 13.2 Å². The average Bonchev–Trinajstić information content (AvgIpc) is 2.61. The molecule has 2 aliphatic heterocycles. The molecule has 1 saturated heterocycles. The maximum atomic E-state index is 11.8. The predicted molar refractivity (Wildman–Crippen MR) is 92.4 cm³/mol. The SMILES string of the molecule is CN(C)C(=O)CN1CCC(NCc2ccc3c(c2)OCCO3)CC1. The monoisotopic (exact) mass is 333 g/mol. The van der Waals surface area contributed by atoms with E-state index in [2.05, 4.69) is 22.3 Å². The van der Waals surface area contributed by atoms with Gasteiger partial charge in [0, 0.05) is 39.8 Å². The number of amides is 1. The molecule has 0 atom stereocenters. The third kappa shape index (κ3) is 4.39. The number of likely N-dealkylation sites (tertiary alicyclic amines) is 1. The molecule has 0 aromatic heterocycles. The fraction of sp³-hybridized carbons (Fsp3) is 0.611. The summed E-state index contributed by atoms with van der Waals surface area (Å²) >= 11 is 0. The van der Waals surface area contributed by atoms with Gasteiger partial charge in [-0.15, -0.1) is 0 Å². The Morgan fingerprint density at radius 3 is 2.62 bits per heavy atom. The molecule has 24 heavy (non-hydrogen) atoms. The minimum absolute atomic E-state index is 0.178. The van der Waals surface area contributed by atoms with Crippen molar-refractivity contribution in [2.24, 2.45) is 0 Å². The van der Waals surface area contributed by atoms with E-state index < -0.39 is 0 Å². The van der Waals surface area contributed by atoms with Crippen molar-refractivity contribution in [1.29, 1.82) is 0 Å². The van der Waals surface area contributed by atoms with Gasteiger partial charge in [-0.2, -0.15) is 0 Å². The lowest BCUT2D eigenvalue weighted by atomic mass is 10.0. The standard InChI is InChI=1S/C18H27N3O3/c1-20(2)18(22)13-21-7-5-15(6-8-21)19-12-14-3-4-16-17(11-14)24-10-9-23-16/h3-4,11,15,19H,5-10,12-13H2,1-2H3. The lowest BCUT2D eigenvalue weighted by molar-refractivity contribution is -0.130. The predicted octanol–water partition coefficient (Wildman–Crippen LogP) is 1.10. The Labute approximate surface area is 143 Å². The molecule has 0 aliphatic carbocycles. The van der Waals surface area contributed by atoms with Gasteiger partial charge in [0.2, 0.25) is 5.91 Å². The van der Waals surface area contributed by atoms with Gasteiger partial charge < -0.3 is 19.7 Å². The van der Waals surface area contributed by atoms with Crippen LogP contribution in [0.15, 0.2) is 18.2 Å². The van der Waals surface area contributed by atoms with Crippen molar-refractivity contribution in [3.05, 3.63) is 23.8 Å². The third-order valence-corrected chi connectivity index (χ3v) is 4.65. The first-order valence-electron chi connectivity index (χ1n) is 8.66. The Balaban J connectivity index is 1.43. The summed E-state index contributed by atoms with van der Waals surface area (Å²) in [6.07, 6.45) is 2.15. The average molecular weight is 333 g/mol. The number of hydrogen-bond donors (Lipinski definition) is 1. The maximum Gasteiger partial charge on any atom is 0.236 e. The molecule has 1 aromatic rings. The van der Waals surface area contributed by atoms with E-state index in [-0.39, 0.29) is 5.91 Å². The molecule has 2 heterocycles. The second kappa shape index (κ2) is 7.85. The molecule has 132 valence electrons. The molecule has 1 amide bonds. The van der Waals surface area contributed by atoms with Gasteiger partial charge in [-0.1, -0.05) is 6.07 Å². The fourth-order valence-corrected chi connectivity index (χ4v) is 3.09. The van der Waals surface area contributed by atoms with Crippen molar-refractivity contribution in [3.63, 3.8) is 0 Å². The largest absolute Gasteiger partial charge is 0.486 e. The molecule has 0 bridgehead atoms. The first-order valence-corrected chi connectivity index (χ1v) is 8.66. The zero-order valence-electron chi connectivity index (χ0n) is 14.6. The zero-order chi connectivity index (χ0) is 16.9. The number of piperidine rings is 1. The summed E-state index contributed by atoms with van der Waals surface area (Å²) in [5, 5.41) is 3.62. The van der Waals surface area contributed by atoms with Gasteiger partial charge in [0.15, 0.2) is 11.5 Å². The van der Waals surface area contributed by atoms with Crippen LogP contribution in [0.25, 0.3) is 0 Å². The molecule has 3 rings (SSSR count). The van der Waals surface area contributed by atoms with E-state index in [4.69, 9.17) is 9.47 Å². The first kappa shape index (κ1) is 17.0. The Morgan fingerprint density at radius 1 is 1.21 bits per heavy atom. The van der Waals surface area contributed by atoms with E-state index >= 15 is 0 Å². The molecular weight excluding hydrogens is 306 g/mol. The van der Waals surface area contributed by atoms with Gasteiger partial charge in [-0.3, -0.25) is 9.69 Å². The minimum atomic E-state index is 0.178. The van der Waals surface area contributed by atoms with Crippen LogP contribution in [0.5, 0.6) is 11.5 Å². The highest BCUT2D eigenvalue weighted by Gasteiger charge is 2.21. The highest BCUT2D eigenvalue weighted by Crippen LogP contribution is 2.30. The van der Waals surface area contributed by atoms with Gasteiger partial charge >= 0.3 is 0 Å². The molecule has 0 saturated carbocycles. The second-order valence-electron chi connectivity index (χ2n) is 6.70. The van der Waals surface area contributed by atoms with E-state index in [9.17, 15) is 4.79 Å². The first-order chi connectivity index (χ1) is 11.6. The molecule has 1 aromatic carbocycles. The molecule has 1 N–H and O–H groups in total. The lowest BCUT2D eigenvalue weighted by Crippen LogP contribution is -2.45. The Morgan fingerprint density at radius 2 is 1.92 bits per heavy atom. The van der Waals surface area contributed by atoms with Gasteiger partial charge in [-0.25, -0.2) is 0 Å². The van der Waals surface area contributed by atoms with Crippen LogP contribution in [0.4, 0.5) is 0 Å². The van der Waals surface area contributed by atoms with Gasteiger partial charge in [-0.05, 0) is 30.5 Å². The third-order valence-electron chi connectivity index (χ3n) is 4.65. The molecule has 6 heteroatoms. The highest BCUT2D eigenvalue weighted by molar-refractivity contribution is 5.77. The number of hydrogen-bond acceptors (Lipinski definition) is 5. The number of fused-ring (bicyclic) bond motifs is 1. The number of nitrogens with zero attached hydrogens (tertiary/aromatic N) is 2. The number of ether oxygens (including phenoxy) is 2. The fourth-order valence-electron chi connectivity index (χ4n) is 3.09. The lowest BCUT2D eigenvalue weighted by Gasteiger charge is -2.32. The van der Waals surface area contributed by atoms with Crippen molar-refractivity contribution in [2.75, 3.05) is 46.9 Å². The summed E-state index contributed by atoms with van der Waals surface area (Å²) in [6.45, 7) is 4.55. The Kier molecular flexibility index (Phi) is 5.58. The Bertz CT molecular complexity index is 569. The molecule has 2 aliphatic rings. The second-order valence-corrected chi connectivity index (χ2v) is 6.70. The molecule has 0 spiro atoms. The number of carbonyl (C=O) groups excluding carboxylic acids is 1. The molecule has 0 radical (unpaired) electrons. The van der Waals surface area contributed by atoms with E-state index in [0.717, 1.165) is 44.0 Å². The van der Waals surface area contributed by atoms with Crippen LogP contribution in [-0.4, -0.2) is 68.7 Å². The van der Waals surface area contributed by atoms with E-state index in [1.807, 2.05) is 20.2 Å². The summed E-state index contributed by atoms with van der Waals surface area (Å²) in [5.41, 5.74) is 1.21. The van der Waals surface area contributed by atoms with Crippen LogP contribution in [0.1, 0.15) is 18.4 Å². The number of nitrogens with one attached hydrogen (secondary N) is 1. The van der Waals surface area contributed by atoms with Crippen molar-refractivity contribution in [1.82, 2.24) is 15.1 Å². The van der Waals surface area contributed by atoms with Crippen LogP contribution in [-0.2, 0) is 11.3 Å². The molecular formula is C18H27N3O3. The molecule has 6 nitrogen and oxygen atoms in total. The van der Waals surface area contributed by atoms with Crippen molar-refractivity contribution < 1.29 is 14.3 Å². The normalized spacial score (nSPS) is 18.4. The number of likely N-dealkylation sites (N-methyl/N-ethyl adjacent to an activating group) is 1. The highest BCUT2D eigenvalue weighted by atomic mass is 16.6. The quantitative estimate of drug-likeness (QED) is 0.874. The van der Waals surface area contributed by atoms with Gasteiger partial charge in [0.25, 0.3) is 0 Å². The number of carbonyl (C=O) groups is 1. The van der Waals surface area contributed by atoms with Crippen LogP contribution >= 0.6 is 0 Å². The van der Waals surface area contributed by atoms with Crippen LogP contribution in [0.2, 0.25) is 0 Å². The topological polar surface area (TPSA) is 54.0 Å². The van der Waals surface area contributed by atoms with E-state index in [0.29, 0.717) is 25.8 Å². The van der Waals surface area contributed by atoms with Crippen molar-refractivity contribution in [3.8, 4) is 11.5 Å². The van der Waals surface area contributed by atoms with E-state index in [1.54, 1.807) is 4.90 Å². The summed E-state index contributed by atoms with van der Waals surface area (Å²) in [4.78, 5) is 15.7. The van der Waals surface area contributed by atoms with Crippen LogP contribution in [0.3, 0.4) is 0 Å². The molecule has 0 unspecified atom stereocenters. The van der Waals surface area contributed by atoms with Crippen molar-refractivity contribution >= 4 is 5.91 Å². The summed E-state index contributed by atoms with van der Waals surface area (Å²) < 4.78 is 11.2. The van der Waals surface area contributed by atoms with Crippen LogP contribution in [0, 0.1) is 0 Å². The maximum absolute atomic E-state index is 11.8. The smallest absolute Gasteiger partial charge is 0.236 e. The number of rotatable bonds is 5. The summed E-state index contributed by atoms with van der Waals surface area (Å²) in [6, 6.07) is 6.64. The van der Waals surface area contributed by atoms with Gasteiger partial charge in [0.05, 0.1) is 6.54 Å². The summed E-state index contributed by atoms with van der Waals surface area (Å²) in [5.74, 6) is 1.86. The van der Waals surface area contributed by atoms with Crippen LogP contribution < -0.4 is 14.8 Å². The minimum Gasteiger partial charge on any atom is -0.486 e. The zero-order valence-corrected chi connectivity index (χ0v) is 14.6. The van der Waals surface area contributed by atoms with E-state index in [1.165, 1.54) is 5.56 Å². The van der Waals surface area contributed by atoms with Crippen molar-refractivity contribution in [2.45, 2.75) is 25.4 Å². The summed E-state index contributed by atoms with van der Waals surface area (Å²) in [7, 11) is 3.62.